The highest BCUT2D eigenvalue weighted by Crippen LogP contribution is 2.49. The number of aliphatic hydroxyl groups is 2. The van der Waals surface area contributed by atoms with E-state index < -0.39 is 44.0 Å². The van der Waals surface area contributed by atoms with E-state index in [9.17, 15) is 24.8 Å². The molecule has 40 heavy (non-hydrogen) atoms. The number of benzene rings is 1. The van der Waals surface area contributed by atoms with Gasteiger partial charge in [0.25, 0.3) is 0 Å². The van der Waals surface area contributed by atoms with Gasteiger partial charge in [-0.15, -0.1) is 0 Å². The number of methoxy groups -OCH3 is 1. The van der Waals surface area contributed by atoms with Crippen LogP contribution in [0.1, 0.15) is 32.1 Å². The van der Waals surface area contributed by atoms with Crippen molar-refractivity contribution in [1.29, 1.82) is 5.26 Å². The Balaban J connectivity index is 1.89. The van der Waals surface area contributed by atoms with Crippen LogP contribution < -0.4 is 10.3 Å². The van der Waals surface area contributed by atoms with Gasteiger partial charge in [-0.3, -0.25) is 4.52 Å². The van der Waals surface area contributed by atoms with E-state index >= 15 is 0 Å². The second kappa shape index (κ2) is 13.3. The molecule has 0 aliphatic rings. The average molecular weight is 574 g/mol. The van der Waals surface area contributed by atoms with E-state index in [4.69, 9.17) is 24.3 Å². The lowest BCUT2D eigenvalue weighted by atomic mass is 9.93. The van der Waals surface area contributed by atoms with Crippen LogP contribution in [0.15, 0.2) is 48.8 Å². The number of anilines is 1. The number of hydrogen-bond acceptors (Lipinski definition) is 12. The molecule has 0 bridgehead atoms. The normalized spacial score (nSPS) is 16.3. The predicted octanol–water partition coefficient (Wildman–Crippen LogP) is 2.54. The smallest absolute Gasteiger partial charge is 0.460 e. The van der Waals surface area contributed by atoms with Gasteiger partial charge in [-0.2, -0.15) is 10.4 Å². The molecule has 0 saturated carbocycles. The minimum absolute atomic E-state index is 0.0736. The number of aliphatic hydroxyl groups excluding tert-OH is 2. The monoisotopic (exact) mass is 573 g/mol. The van der Waals surface area contributed by atoms with Crippen molar-refractivity contribution in [1.82, 2.24) is 14.6 Å². The van der Waals surface area contributed by atoms with E-state index in [2.05, 4.69) is 20.7 Å². The van der Waals surface area contributed by atoms with Crippen molar-refractivity contribution in [2.75, 3.05) is 26.1 Å². The summed E-state index contributed by atoms with van der Waals surface area (Å²) in [5.74, 6) is 1.81. The van der Waals surface area contributed by atoms with Crippen LogP contribution >= 0.6 is 7.60 Å². The molecule has 0 aliphatic carbocycles. The fourth-order valence-electron chi connectivity index (χ4n) is 3.43. The Hall–Kier alpha value is -4.04. The number of nitriles is 1. The molecule has 3 rings (SSSR count). The quantitative estimate of drug-likeness (QED) is 0.212. The SMILES string of the molecule is CCCOC(=O)[C@H](C)[N+]#C[P@](=O)(OC[C@@](C#N)(OC)[C@@H](O)C(O)c1ccc2c(N)ncnn12)Oc1ccccc1. The van der Waals surface area contributed by atoms with Gasteiger partial charge in [0.1, 0.15) is 42.5 Å². The molecule has 212 valence electrons. The molecule has 2 aromatic heterocycles. The van der Waals surface area contributed by atoms with Crippen molar-refractivity contribution in [3.8, 4) is 17.6 Å². The molecule has 1 aromatic carbocycles. The Kier molecular flexibility index (Phi) is 10.2. The lowest BCUT2D eigenvalue weighted by Crippen LogP contribution is -2.50. The number of para-hydroxylation sites is 1. The summed E-state index contributed by atoms with van der Waals surface area (Å²) in [7, 11) is -3.35. The molecule has 2 heterocycles. The maximum Gasteiger partial charge on any atom is 0.530 e. The first-order valence-electron chi connectivity index (χ1n) is 12.1. The topological polar surface area (TPSA) is 196 Å². The van der Waals surface area contributed by atoms with Gasteiger partial charge in [0, 0.05) is 14.0 Å². The molecule has 0 amide bonds. The number of nitrogens with two attached hydrogens (primary N) is 1. The number of hydrogen-bond donors (Lipinski definition) is 3. The largest absolute Gasteiger partial charge is 0.530 e. The zero-order chi connectivity index (χ0) is 29.3. The first-order chi connectivity index (χ1) is 19.1. The summed E-state index contributed by atoms with van der Waals surface area (Å²) < 4.78 is 36.3. The molecular weight excluding hydrogens is 543 g/mol. The van der Waals surface area contributed by atoms with Crippen LogP contribution in [0.2, 0.25) is 0 Å². The van der Waals surface area contributed by atoms with E-state index in [1.807, 2.05) is 6.92 Å². The van der Waals surface area contributed by atoms with Gasteiger partial charge in [0.2, 0.25) is 5.60 Å². The summed E-state index contributed by atoms with van der Waals surface area (Å²) in [6.07, 6.45) is -1.92. The molecule has 3 aromatic rings. The summed E-state index contributed by atoms with van der Waals surface area (Å²) >= 11 is 0. The average Bonchev–Trinajstić information content (AvgIpc) is 3.41. The van der Waals surface area contributed by atoms with Crippen molar-refractivity contribution in [3.05, 3.63) is 59.3 Å². The summed E-state index contributed by atoms with van der Waals surface area (Å²) in [5.41, 5.74) is 4.01. The fraction of sp³-hybridized carbons (Fsp3) is 0.400. The second-order valence-electron chi connectivity index (χ2n) is 8.54. The van der Waals surface area contributed by atoms with Crippen LogP contribution in [-0.4, -0.2) is 68.9 Å². The van der Waals surface area contributed by atoms with Crippen molar-refractivity contribution in [3.63, 3.8) is 0 Å². The predicted molar refractivity (Wildman–Crippen MR) is 142 cm³/mol. The number of aromatic nitrogens is 3. The van der Waals surface area contributed by atoms with Crippen LogP contribution in [0, 0.1) is 17.1 Å². The Labute approximate surface area is 230 Å². The third-order valence-electron chi connectivity index (χ3n) is 5.73. The number of carbonyl (C=O) groups is 1. The number of ether oxygens (including phenoxy) is 2. The highest BCUT2D eigenvalue weighted by molar-refractivity contribution is 7.59. The molecule has 0 saturated heterocycles. The van der Waals surface area contributed by atoms with E-state index in [0.717, 1.165) is 13.4 Å². The van der Waals surface area contributed by atoms with Gasteiger partial charge in [-0.05, 0) is 30.7 Å². The van der Waals surface area contributed by atoms with Crippen LogP contribution in [-0.2, 0) is 23.4 Å². The molecule has 0 fully saturated rings. The van der Waals surface area contributed by atoms with Gasteiger partial charge in [-0.1, -0.05) is 30.0 Å². The molecular formula is C25H30N6O8P+. The third-order valence-corrected chi connectivity index (χ3v) is 7.01. The maximum absolute atomic E-state index is 13.7. The minimum atomic E-state index is -4.45. The number of nitrogen functional groups attached to an aromatic ring is 1. The molecule has 0 spiro atoms. The van der Waals surface area contributed by atoms with E-state index in [1.54, 1.807) is 24.3 Å². The maximum atomic E-state index is 13.7. The first kappa shape index (κ1) is 30.5. The number of esters is 1. The van der Waals surface area contributed by atoms with Gasteiger partial charge in [0.15, 0.2) is 5.82 Å². The van der Waals surface area contributed by atoms with Gasteiger partial charge < -0.3 is 29.9 Å². The lowest BCUT2D eigenvalue weighted by molar-refractivity contribution is -0.143. The van der Waals surface area contributed by atoms with E-state index in [1.165, 1.54) is 35.7 Å². The highest BCUT2D eigenvalue weighted by Gasteiger charge is 2.48. The Morgan fingerprint density at radius 3 is 2.65 bits per heavy atom. The van der Waals surface area contributed by atoms with Gasteiger partial charge >= 0.3 is 25.4 Å². The molecule has 0 aliphatic heterocycles. The number of fused-ring (bicyclic) bond motifs is 1. The summed E-state index contributed by atoms with van der Waals surface area (Å²) in [6, 6.07) is 11.6. The molecule has 1 unspecified atom stereocenters. The second-order valence-corrected chi connectivity index (χ2v) is 10.2. The lowest BCUT2D eigenvalue weighted by Gasteiger charge is -2.32. The first-order valence-corrected chi connectivity index (χ1v) is 13.7. The van der Waals surface area contributed by atoms with Crippen LogP contribution in [0.25, 0.3) is 10.4 Å². The zero-order valence-corrected chi connectivity index (χ0v) is 23.0. The van der Waals surface area contributed by atoms with Gasteiger partial charge in [0.05, 0.1) is 12.3 Å². The highest BCUT2D eigenvalue weighted by atomic mass is 31.2. The zero-order valence-electron chi connectivity index (χ0n) is 22.1. The molecule has 14 nitrogen and oxygen atoms in total. The van der Waals surface area contributed by atoms with Crippen LogP contribution in [0.3, 0.4) is 0 Å². The summed E-state index contributed by atoms with van der Waals surface area (Å²) in [4.78, 5) is 19.8. The van der Waals surface area contributed by atoms with Crippen molar-refractivity contribution in [2.24, 2.45) is 0 Å². The fourth-order valence-corrected chi connectivity index (χ4v) is 4.66. The van der Waals surface area contributed by atoms with Crippen molar-refractivity contribution >= 4 is 24.9 Å². The number of carbonyl (C=O) groups excluding carboxylic acids is 1. The van der Waals surface area contributed by atoms with Crippen molar-refractivity contribution < 1.29 is 38.1 Å². The molecule has 4 N–H and O–H groups in total. The molecule has 15 heteroatoms. The Morgan fingerprint density at radius 2 is 2.00 bits per heavy atom. The van der Waals surface area contributed by atoms with Crippen LogP contribution in [0.4, 0.5) is 5.82 Å². The van der Waals surface area contributed by atoms with Crippen molar-refractivity contribution in [2.45, 2.75) is 44.1 Å². The third kappa shape index (κ3) is 6.93. The molecule has 0 radical (unpaired) electrons. The van der Waals surface area contributed by atoms with Crippen LogP contribution in [0.5, 0.6) is 5.75 Å². The van der Waals surface area contributed by atoms with E-state index in [-0.39, 0.29) is 23.9 Å². The number of nitrogens with zero attached hydrogens (tertiary/aromatic N) is 5. The van der Waals surface area contributed by atoms with Gasteiger partial charge in [-0.25, -0.2) is 18.9 Å². The molecule has 5 atom stereocenters. The Morgan fingerprint density at radius 1 is 1.27 bits per heavy atom. The standard InChI is InChI=1S/C25H30N6O8P/c1-4-12-37-24(34)17(2)29-16-40(35,39-18-8-6-5-7-9-18)38-14-25(13-26,36-3)22(33)21(32)19-10-11-20-23(27)28-15-30-31(19)20/h5-11,15,17,21-22,32-33H,4,12,14H2,1-3H3,(H2,27,28,30)/q+1/t17-,21?,22-,25+,40-/m0/s1. The summed E-state index contributed by atoms with van der Waals surface area (Å²) in [5, 5.41) is 36.1. The van der Waals surface area contributed by atoms with E-state index in [0.29, 0.717) is 11.9 Å². The summed E-state index contributed by atoms with van der Waals surface area (Å²) in [6.45, 7) is 2.56. The Bertz CT molecular complexity index is 1470. The minimum Gasteiger partial charge on any atom is -0.460 e. The number of rotatable bonds is 12.